The second-order valence-corrected chi connectivity index (χ2v) is 12.1. The van der Waals surface area contributed by atoms with Crippen molar-refractivity contribution in [3.63, 3.8) is 0 Å². The van der Waals surface area contributed by atoms with Crippen LogP contribution >= 0.6 is 23.1 Å². The summed E-state index contributed by atoms with van der Waals surface area (Å²) in [6, 6.07) is 0. The van der Waals surface area contributed by atoms with Gasteiger partial charge in [-0.2, -0.15) is 0 Å². The van der Waals surface area contributed by atoms with Crippen LogP contribution in [0.25, 0.3) is 0 Å². The molecule has 1 aromatic heterocycles. The van der Waals surface area contributed by atoms with Crippen molar-refractivity contribution in [2.75, 3.05) is 11.9 Å². The van der Waals surface area contributed by atoms with E-state index in [2.05, 4.69) is 31.1 Å². The molecule has 5 nitrogen and oxygen atoms in total. The summed E-state index contributed by atoms with van der Waals surface area (Å²) >= 11 is 2.93. The number of nitrogens with one attached hydrogen (secondary N) is 1. The molecule has 0 spiro atoms. The zero-order valence-electron chi connectivity index (χ0n) is 22.0. The predicted molar refractivity (Wildman–Crippen MR) is 148 cm³/mol. The van der Waals surface area contributed by atoms with Crippen molar-refractivity contribution in [3.8, 4) is 0 Å². The van der Waals surface area contributed by atoms with Crippen LogP contribution in [0.4, 0.5) is 5.13 Å². The summed E-state index contributed by atoms with van der Waals surface area (Å²) in [6.45, 7) is 10.5. The smallest absolute Gasteiger partial charge is 0.223 e. The molecule has 7 heteroatoms. The van der Waals surface area contributed by atoms with Crippen molar-refractivity contribution in [1.82, 2.24) is 4.98 Å². The Bertz CT molecular complexity index is 696. The third kappa shape index (κ3) is 14.4. The summed E-state index contributed by atoms with van der Waals surface area (Å²) in [5, 5.41) is 19.9. The molecule has 3 N–H and O–H groups in total. The minimum absolute atomic E-state index is 0.112. The fraction of sp³-hybridized carbons (Fsp3) is 0.778. The van der Waals surface area contributed by atoms with Crippen molar-refractivity contribution in [3.05, 3.63) is 18.0 Å². The van der Waals surface area contributed by atoms with Gasteiger partial charge in [0.25, 0.3) is 0 Å². The van der Waals surface area contributed by atoms with E-state index in [1.54, 1.807) is 19.2 Å². The standard InChI is InChI=1S/C10H20.C8H8N2O2S2.C7H14.C2H6O/c1-3-9(2)10-7-5-4-6-8-10;1-4(11)10-8-9-3-7(14-8)13-6-2-5(6)12;1-7-5-3-2-4-6-7;1-2-3/h9-10H,3-8H2,1-2H3;2-3,6,12H,1H3,(H,9,10,11);7H,2-6H2,1H3;3H,2H2,1H3. The van der Waals surface area contributed by atoms with Crippen LogP contribution in [0.15, 0.2) is 22.2 Å². The fourth-order valence-electron chi connectivity index (χ4n) is 4.19. The Hall–Kier alpha value is -1.05. The molecule has 2 saturated carbocycles. The van der Waals surface area contributed by atoms with Crippen LogP contribution in [0.1, 0.15) is 105 Å². The van der Waals surface area contributed by atoms with Crippen LogP contribution in [0.3, 0.4) is 0 Å². The lowest BCUT2D eigenvalue weighted by Crippen LogP contribution is -2.14. The second kappa shape index (κ2) is 18.3. The van der Waals surface area contributed by atoms with E-state index in [1.807, 2.05) is 0 Å². The number of amides is 1. The first-order valence-corrected chi connectivity index (χ1v) is 14.9. The van der Waals surface area contributed by atoms with Crippen LogP contribution in [0.5, 0.6) is 0 Å². The largest absolute Gasteiger partial charge is 0.511 e. The van der Waals surface area contributed by atoms with Crippen LogP contribution in [-0.2, 0) is 4.79 Å². The van der Waals surface area contributed by atoms with Gasteiger partial charge in [-0.1, -0.05) is 114 Å². The number of anilines is 1. The number of aliphatic hydroxyl groups is 2. The second-order valence-electron chi connectivity index (χ2n) is 9.64. The quantitative estimate of drug-likeness (QED) is 0.370. The van der Waals surface area contributed by atoms with Crippen LogP contribution < -0.4 is 5.32 Å². The Morgan fingerprint density at radius 1 is 1.15 bits per heavy atom. The Balaban J connectivity index is 0.000000253. The van der Waals surface area contributed by atoms with E-state index in [0.717, 1.165) is 22.0 Å². The van der Waals surface area contributed by atoms with Gasteiger partial charge in [0.15, 0.2) is 5.13 Å². The predicted octanol–water partition coefficient (Wildman–Crippen LogP) is 8.22. The molecule has 0 radical (unpaired) electrons. The van der Waals surface area contributed by atoms with E-state index >= 15 is 0 Å². The lowest BCUT2D eigenvalue weighted by Gasteiger charge is -2.26. The number of carbonyl (C=O) groups is 1. The zero-order chi connectivity index (χ0) is 25.3. The average molecular weight is 513 g/mol. The SMILES string of the molecule is CC(=O)Nc1ncc(SC2C=C2O)s1.CC1CCCCC1.CCC(C)C1CCCCC1.CCO. The van der Waals surface area contributed by atoms with E-state index in [4.69, 9.17) is 10.2 Å². The summed E-state index contributed by atoms with van der Waals surface area (Å²) in [5.74, 6) is 3.39. The molecule has 2 fully saturated rings. The number of aliphatic hydroxyl groups excluding tert-OH is 2. The highest BCUT2D eigenvalue weighted by Gasteiger charge is 2.26. The first-order chi connectivity index (χ1) is 16.3. The van der Waals surface area contributed by atoms with Crippen LogP contribution in [0, 0.1) is 17.8 Å². The maximum absolute atomic E-state index is 10.7. The highest BCUT2D eigenvalue weighted by molar-refractivity contribution is 8.02. The monoisotopic (exact) mass is 512 g/mol. The molecular weight excluding hydrogens is 464 g/mol. The van der Waals surface area contributed by atoms with Gasteiger partial charge in [0, 0.05) is 13.5 Å². The van der Waals surface area contributed by atoms with E-state index in [1.165, 1.54) is 101 Å². The van der Waals surface area contributed by atoms with Gasteiger partial charge in [-0.05, 0) is 30.8 Å². The van der Waals surface area contributed by atoms with Gasteiger partial charge in [0.1, 0.15) is 5.76 Å². The molecule has 3 aliphatic rings. The Labute approximate surface area is 216 Å². The topological polar surface area (TPSA) is 82.5 Å². The van der Waals surface area contributed by atoms with Gasteiger partial charge in [0.2, 0.25) is 5.91 Å². The number of carbonyl (C=O) groups excluding carboxylic acids is 1. The Morgan fingerprint density at radius 3 is 2.09 bits per heavy atom. The minimum Gasteiger partial charge on any atom is -0.511 e. The van der Waals surface area contributed by atoms with Crippen molar-refractivity contribution in [2.45, 2.75) is 115 Å². The summed E-state index contributed by atoms with van der Waals surface area (Å²) in [7, 11) is 0. The summed E-state index contributed by atoms with van der Waals surface area (Å²) in [4.78, 5) is 14.7. The number of hydrogen-bond donors (Lipinski definition) is 3. The number of thiazole rings is 1. The molecule has 0 aliphatic heterocycles. The van der Waals surface area contributed by atoms with E-state index < -0.39 is 0 Å². The minimum atomic E-state index is -0.122. The molecule has 34 heavy (non-hydrogen) atoms. The average Bonchev–Trinajstić information content (AvgIpc) is 3.34. The van der Waals surface area contributed by atoms with Gasteiger partial charge in [0.05, 0.1) is 15.7 Å². The van der Waals surface area contributed by atoms with Gasteiger partial charge in [-0.25, -0.2) is 4.98 Å². The van der Waals surface area contributed by atoms with Gasteiger partial charge in [-0.3, -0.25) is 4.79 Å². The number of thioether (sulfide) groups is 1. The lowest BCUT2D eigenvalue weighted by molar-refractivity contribution is -0.114. The van der Waals surface area contributed by atoms with Gasteiger partial charge >= 0.3 is 0 Å². The summed E-state index contributed by atoms with van der Waals surface area (Å²) in [6.07, 6.45) is 19.8. The molecule has 0 bridgehead atoms. The lowest BCUT2D eigenvalue weighted by atomic mass is 9.80. The Morgan fingerprint density at radius 2 is 1.68 bits per heavy atom. The summed E-state index contributed by atoms with van der Waals surface area (Å²) < 4.78 is 0.985. The zero-order valence-corrected chi connectivity index (χ0v) is 23.6. The van der Waals surface area contributed by atoms with E-state index in [-0.39, 0.29) is 17.8 Å². The van der Waals surface area contributed by atoms with Crippen LogP contribution in [0.2, 0.25) is 0 Å². The molecule has 0 saturated heterocycles. The van der Waals surface area contributed by atoms with Crippen LogP contribution in [-0.4, -0.2) is 33.0 Å². The molecule has 1 amide bonds. The van der Waals surface area contributed by atoms with Gasteiger partial charge in [-0.15, -0.1) is 0 Å². The molecule has 2 unspecified atom stereocenters. The Kier molecular flexibility index (Phi) is 16.6. The number of hydrogen-bond acceptors (Lipinski definition) is 6. The first kappa shape index (κ1) is 31.0. The highest BCUT2D eigenvalue weighted by atomic mass is 32.2. The highest BCUT2D eigenvalue weighted by Crippen LogP contribution is 2.40. The molecule has 1 aromatic rings. The maximum Gasteiger partial charge on any atom is 0.223 e. The maximum atomic E-state index is 10.7. The van der Waals surface area contributed by atoms with Gasteiger partial charge < -0.3 is 15.5 Å². The van der Waals surface area contributed by atoms with Crippen molar-refractivity contribution in [2.24, 2.45) is 17.8 Å². The molecule has 3 aliphatic carbocycles. The molecule has 0 aromatic carbocycles. The fourth-order valence-corrected chi connectivity index (χ4v) is 6.22. The molecule has 196 valence electrons. The van der Waals surface area contributed by atoms with Crippen molar-refractivity contribution < 1.29 is 15.0 Å². The first-order valence-electron chi connectivity index (χ1n) is 13.2. The molecule has 4 rings (SSSR count). The summed E-state index contributed by atoms with van der Waals surface area (Å²) in [5.41, 5.74) is 0. The third-order valence-corrected chi connectivity index (χ3v) is 8.72. The number of rotatable bonds is 5. The van der Waals surface area contributed by atoms with E-state index in [0.29, 0.717) is 10.9 Å². The van der Waals surface area contributed by atoms with E-state index in [9.17, 15) is 4.79 Å². The molecule has 2 atom stereocenters. The normalized spacial score (nSPS) is 20.8. The number of nitrogens with zero attached hydrogens (tertiary/aromatic N) is 1. The van der Waals surface area contributed by atoms with Crippen molar-refractivity contribution >= 4 is 34.1 Å². The molecule has 1 heterocycles. The number of aromatic nitrogens is 1. The third-order valence-electron chi connectivity index (χ3n) is 6.51. The molecular formula is C27H48N2O3S2. The van der Waals surface area contributed by atoms with Crippen molar-refractivity contribution in [1.29, 1.82) is 0 Å².